The van der Waals surface area contributed by atoms with Gasteiger partial charge in [0.1, 0.15) is 0 Å². The van der Waals surface area contributed by atoms with Gasteiger partial charge >= 0.3 is 5.69 Å². The van der Waals surface area contributed by atoms with Gasteiger partial charge in [-0.1, -0.05) is 61.5 Å². The van der Waals surface area contributed by atoms with E-state index < -0.39 is 0 Å². The van der Waals surface area contributed by atoms with Crippen LogP contribution >= 0.6 is 0 Å². The molecule has 0 fully saturated rings. The topological polar surface area (TPSA) is 65.1 Å². The maximum Gasteiger partial charge on any atom is 0.332 e. The Morgan fingerprint density at radius 3 is 2.48 bits per heavy atom. The van der Waals surface area contributed by atoms with Crippen molar-refractivity contribution in [1.29, 1.82) is 0 Å². The zero-order chi connectivity index (χ0) is 22.9. The lowest BCUT2D eigenvalue weighted by molar-refractivity contribution is 0.598. The van der Waals surface area contributed by atoms with Crippen LogP contribution in [0.25, 0.3) is 17.2 Å². The van der Waals surface area contributed by atoms with E-state index in [2.05, 4.69) is 36.1 Å². The van der Waals surface area contributed by atoms with E-state index in [1.807, 2.05) is 47.1 Å². The number of aromatic nitrogens is 4. The van der Waals surface area contributed by atoms with Gasteiger partial charge in [0.15, 0.2) is 11.2 Å². The summed E-state index contributed by atoms with van der Waals surface area (Å²) in [7, 11) is 1.68. The molecular weight excluding hydrogens is 414 g/mol. The molecule has 3 heterocycles. The van der Waals surface area contributed by atoms with E-state index in [9.17, 15) is 9.59 Å². The summed E-state index contributed by atoms with van der Waals surface area (Å²) in [6.45, 7) is 3.86. The molecule has 0 bridgehead atoms. The second kappa shape index (κ2) is 8.58. The molecule has 0 saturated carbocycles. The van der Waals surface area contributed by atoms with Gasteiger partial charge in [0.2, 0.25) is 5.95 Å². The van der Waals surface area contributed by atoms with E-state index in [1.54, 1.807) is 7.05 Å². The summed E-state index contributed by atoms with van der Waals surface area (Å²) >= 11 is 0. The Bertz CT molecular complexity index is 1440. The number of benzene rings is 2. The minimum absolute atomic E-state index is 0.207. The van der Waals surface area contributed by atoms with Crippen molar-refractivity contribution in [2.45, 2.75) is 32.9 Å². The number of nitrogens with zero attached hydrogens (tertiary/aromatic N) is 5. The van der Waals surface area contributed by atoms with E-state index in [0.717, 1.165) is 30.6 Å². The first-order chi connectivity index (χ1) is 16.1. The lowest BCUT2D eigenvalue weighted by atomic mass is 10.1. The zero-order valence-corrected chi connectivity index (χ0v) is 18.9. The highest BCUT2D eigenvalue weighted by molar-refractivity contribution is 5.77. The monoisotopic (exact) mass is 441 g/mol. The zero-order valence-electron chi connectivity index (χ0n) is 18.9. The summed E-state index contributed by atoms with van der Waals surface area (Å²) in [4.78, 5) is 33.3. The van der Waals surface area contributed by atoms with E-state index in [-0.39, 0.29) is 17.8 Å². The number of anilines is 2. The van der Waals surface area contributed by atoms with Crippen molar-refractivity contribution in [3.8, 4) is 0 Å². The normalized spacial score (nSPS) is 13.7. The van der Waals surface area contributed by atoms with Crippen LogP contribution in [0.2, 0.25) is 0 Å². The van der Waals surface area contributed by atoms with Crippen LogP contribution in [0, 0.1) is 0 Å². The average molecular weight is 442 g/mol. The van der Waals surface area contributed by atoms with Gasteiger partial charge in [-0.25, -0.2) is 4.79 Å². The first-order valence-corrected chi connectivity index (χ1v) is 11.4. The van der Waals surface area contributed by atoms with Gasteiger partial charge in [-0.15, -0.1) is 0 Å². The third-order valence-corrected chi connectivity index (χ3v) is 6.27. The molecule has 2 aromatic carbocycles. The molecule has 0 N–H and O–H groups in total. The SMILES string of the molecule is CCc1ccc(N2CCCn3c2nc2c3c(=O)n(C/C=C\c3ccccc3)c(=O)n2C)cc1. The molecule has 1 aliphatic rings. The highest BCUT2D eigenvalue weighted by atomic mass is 16.2. The molecule has 4 aromatic rings. The molecule has 5 rings (SSSR count). The molecule has 7 nitrogen and oxygen atoms in total. The Morgan fingerprint density at radius 2 is 1.76 bits per heavy atom. The van der Waals surface area contributed by atoms with Crippen molar-refractivity contribution < 1.29 is 0 Å². The summed E-state index contributed by atoms with van der Waals surface area (Å²) in [5.74, 6) is 0.713. The van der Waals surface area contributed by atoms with Crippen molar-refractivity contribution in [3.05, 3.63) is 92.6 Å². The Morgan fingerprint density at radius 1 is 1.00 bits per heavy atom. The standard InChI is InChI=1S/C26H27N5O2/c1-3-19-12-14-21(15-13-19)29-17-8-18-30-22-23(27-25(29)30)28(2)26(33)31(24(22)32)16-7-11-20-9-5-4-6-10-20/h4-7,9-15H,3,8,16-18H2,1-2H3/b11-7-. The van der Waals surface area contributed by atoms with Crippen molar-refractivity contribution in [2.75, 3.05) is 11.4 Å². The summed E-state index contributed by atoms with van der Waals surface area (Å²) in [6, 6.07) is 18.3. The maximum atomic E-state index is 13.4. The molecule has 1 aliphatic heterocycles. The first-order valence-electron chi connectivity index (χ1n) is 11.4. The molecule has 0 atom stereocenters. The highest BCUT2D eigenvalue weighted by Crippen LogP contribution is 2.31. The van der Waals surface area contributed by atoms with E-state index in [0.29, 0.717) is 23.7 Å². The second-order valence-electron chi connectivity index (χ2n) is 8.33. The largest absolute Gasteiger partial charge is 0.332 e. The molecule has 33 heavy (non-hydrogen) atoms. The molecule has 0 spiro atoms. The van der Waals surface area contributed by atoms with Gasteiger partial charge < -0.3 is 9.47 Å². The molecule has 0 amide bonds. The lowest BCUT2D eigenvalue weighted by Crippen LogP contribution is -2.39. The molecular formula is C26H27N5O2. The number of fused-ring (bicyclic) bond motifs is 3. The highest BCUT2D eigenvalue weighted by Gasteiger charge is 2.26. The molecule has 0 radical (unpaired) electrons. The fraction of sp³-hybridized carbons (Fsp3) is 0.269. The second-order valence-corrected chi connectivity index (χ2v) is 8.33. The third-order valence-electron chi connectivity index (χ3n) is 6.27. The van der Waals surface area contributed by atoms with Gasteiger partial charge in [-0.05, 0) is 36.1 Å². The fourth-order valence-electron chi connectivity index (χ4n) is 4.44. The summed E-state index contributed by atoms with van der Waals surface area (Å²) in [5.41, 5.74) is 3.59. The summed E-state index contributed by atoms with van der Waals surface area (Å²) < 4.78 is 4.73. The van der Waals surface area contributed by atoms with Crippen LogP contribution in [0.4, 0.5) is 11.6 Å². The first kappa shape index (κ1) is 21.0. The van der Waals surface area contributed by atoms with Crippen LogP contribution in [0.5, 0.6) is 0 Å². The average Bonchev–Trinajstić information content (AvgIpc) is 3.26. The molecule has 7 heteroatoms. The molecule has 2 aromatic heterocycles. The van der Waals surface area contributed by atoms with Crippen molar-refractivity contribution in [3.63, 3.8) is 0 Å². The Kier molecular flexibility index (Phi) is 5.46. The van der Waals surface area contributed by atoms with Crippen LogP contribution in [-0.2, 0) is 26.6 Å². The van der Waals surface area contributed by atoms with Crippen LogP contribution in [0.3, 0.4) is 0 Å². The van der Waals surface area contributed by atoms with Crippen LogP contribution in [-0.4, -0.2) is 25.2 Å². The van der Waals surface area contributed by atoms with Crippen molar-refractivity contribution >= 4 is 28.9 Å². The predicted octanol–water partition coefficient (Wildman–Crippen LogP) is 3.71. The fourth-order valence-corrected chi connectivity index (χ4v) is 4.44. The van der Waals surface area contributed by atoms with E-state index in [4.69, 9.17) is 4.98 Å². The number of aryl methyl sites for hydroxylation is 3. The van der Waals surface area contributed by atoms with Gasteiger partial charge in [-0.3, -0.25) is 13.9 Å². The smallest absolute Gasteiger partial charge is 0.312 e. The van der Waals surface area contributed by atoms with Crippen LogP contribution < -0.4 is 16.1 Å². The maximum absolute atomic E-state index is 13.4. The third kappa shape index (κ3) is 3.69. The van der Waals surface area contributed by atoms with Gasteiger partial charge in [-0.2, -0.15) is 4.98 Å². The lowest BCUT2D eigenvalue weighted by Gasteiger charge is -2.29. The van der Waals surface area contributed by atoms with Gasteiger partial charge in [0.25, 0.3) is 5.56 Å². The minimum Gasteiger partial charge on any atom is -0.312 e. The quantitative estimate of drug-likeness (QED) is 0.474. The Balaban J connectivity index is 1.58. The summed E-state index contributed by atoms with van der Waals surface area (Å²) in [6.07, 6.45) is 5.64. The summed E-state index contributed by atoms with van der Waals surface area (Å²) in [5, 5.41) is 0. The van der Waals surface area contributed by atoms with Crippen LogP contribution in [0.1, 0.15) is 24.5 Å². The van der Waals surface area contributed by atoms with E-state index in [1.165, 1.54) is 14.7 Å². The molecule has 0 saturated heterocycles. The Labute approximate surface area is 191 Å². The molecule has 168 valence electrons. The number of hydrogen-bond acceptors (Lipinski definition) is 4. The Hall–Kier alpha value is -3.87. The minimum atomic E-state index is -0.362. The number of imidazole rings is 1. The predicted molar refractivity (Wildman–Crippen MR) is 132 cm³/mol. The number of rotatable bonds is 5. The van der Waals surface area contributed by atoms with E-state index >= 15 is 0 Å². The number of hydrogen-bond donors (Lipinski definition) is 0. The van der Waals surface area contributed by atoms with Crippen molar-refractivity contribution in [1.82, 2.24) is 18.7 Å². The molecule has 0 unspecified atom stereocenters. The molecule has 0 aliphatic carbocycles. The van der Waals surface area contributed by atoms with Gasteiger partial charge in [0, 0.05) is 32.4 Å². The number of allylic oxidation sites excluding steroid dienone is 1. The van der Waals surface area contributed by atoms with Gasteiger partial charge in [0.05, 0.1) is 0 Å². The van der Waals surface area contributed by atoms with Crippen molar-refractivity contribution in [2.24, 2.45) is 7.05 Å². The van der Waals surface area contributed by atoms with Crippen LogP contribution in [0.15, 0.2) is 70.3 Å².